The molecule has 0 aromatic heterocycles. The van der Waals surface area contributed by atoms with Gasteiger partial charge < -0.3 is 24.8 Å². The van der Waals surface area contributed by atoms with Gasteiger partial charge in [-0.25, -0.2) is 0 Å². The fourth-order valence-electron chi connectivity index (χ4n) is 7.37. The van der Waals surface area contributed by atoms with E-state index in [0.29, 0.717) is 11.8 Å². The molecule has 2 atom stereocenters. The molecule has 2 unspecified atom stereocenters. The van der Waals surface area contributed by atoms with Crippen molar-refractivity contribution in [1.82, 2.24) is 0 Å². The van der Waals surface area contributed by atoms with Crippen molar-refractivity contribution in [2.45, 2.75) is 36.0 Å². The number of anilines is 2. The minimum atomic E-state index is -2.66. The molecule has 0 spiro atoms. The number of nitrogens with zero attached hydrogens (tertiary/aromatic N) is 2. The Labute approximate surface area is 238 Å². The van der Waals surface area contributed by atoms with Crippen molar-refractivity contribution >= 4 is 11.4 Å². The fourth-order valence-corrected chi connectivity index (χ4v) is 23.1. The van der Waals surface area contributed by atoms with E-state index in [9.17, 15) is 0 Å². The molecule has 1 saturated heterocycles. The SMILES string of the molecule is CC1=CC2C(=CC(C)=[C]2[Zr+2]2([C]3=C(C)C=C4C3C=C(C)N4c3ccccc3)[CH2][CH2]2)N1c1ccccc1.[Cl-].[Cl-]. The second kappa shape index (κ2) is 9.60. The van der Waals surface area contributed by atoms with E-state index in [1.165, 1.54) is 42.4 Å². The molecule has 0 saturated carbocycles. The number of benzene rings is 2. The van der Waals surface area contributed by atoms with Crippen LogP contribution in [0.5, 0.6) is 0 Å². The first kappa shape index (κ1) is 26.5. The summed E-state index contributed by atoms with van der Waals surface area (Å²) in [6.07, 6.45) is 10.2. The Morgan fingerprint density at radius 1 is 0.595 bits per heavy atom. The van der Waals surface area contributed by atoms with Gasteiger partial charge in [0.1, 0.15) is 0 Å². The van der Waals surface area contributed by atoms with Crippen LogP contribution in [0.3, 0.4) is 0 Å². The summed E-state index contributed by atoms with van der Waals surface area (Å²) in [5.74, 6) is 0.962. The van der Waals surface area contributed by atoms with Crippen LogP contribution in [0.1, 0.15) is 27.7 Å². The molecule has 1 fully saturated rings. The number of hydrogen-bond acceptors (Lipinski definition) is 2. The third-order valence-corrected chi connectivity index (χ3v) is 20.9. The minimum Gasteiger partial charge on any atom is -1.00 e. The van der Waals surface area contributed by atoms with Crippen LogP contribution in [0.15, 0.2) is 125 Å². The first-order valence-corrected chi connectivity index (χ1v) is 18.9. The van der Waals surface area contributed by atoms with Crippen molar-refractivity contribution < 1.29 is 45.1 Å². The van der Waals surface area contributed by atoms with E-state index in [4.69, 9.17) is 0 Å². The third-order valence-electron chi connectivity index (χ3n) is 8.69. The molecule has 2 nitrogen and oxygen atoms in total. The van der Waals surface area contributed by atoms with Crippen molar-refractivity contribution in [2.24, 2.45) is 11.8 Å². The Balaban J connectivity index is 0.00000140. The molecule has 3 aliphatic heterocycles. The molecule has 0 radical (unpaired) electrons. The maximum atomic E-state index is 2.56. The predicted octanol–water partition coefficient (Wildman–Crippen LogP) is 2.42. The molecular weight excluding hydrogens is 574 g/mol. The first-order valence-electron chi connectivity index (χ1n) is 12.9. The van der Waals surface area contributed by atoms with Gasteiger partial charge in [0.25, 0.3) is 0 Å². The fraction of sp³-hybridized carbons (Fsp3) is 0.250. The van der Waals surface area contributed by atoms with Gasteiger partial charge >= 0.3 is 215 Å². The van der Waals surface area contributed by atoms with Crippen molar-refractivity contribution in [2.75, 3.05) is 9.80 Å². The van der Waals surface area contributed by atoms with Gasteiger partial charge in [-0.05, 0) is 0 Å². The van der Waals surface area contributed by atoms with E-state index < -0.39 is 20.3 Å². The zero-order valence-corrected chi connectivity index (χ0v) is 25.8. The summed E-state index contributed by atoms with van der Waals surface area (Å²) < 4.78 is 6.67. The Bertz CT molecular complexity index is 1330. The Kier molecular flexibility index (Phi) is 6.89. The number of para-hydroxylation sites is 2. The van der Waals surface area contributed by atoms with Crippen LogP contribution in [-0.4, -0.2) is 0 Å². The monoisotopic (exact) mass is 604 g/mol. The zero-order chi connectivity index (χ0) is 23.9. The van der Waals surface area contributed by atoms with Gasteiger partial charge in [-0.15, -0.1) is 0 Å². The van der Waals surface area contributed by atoms with E-state index in [-0.39, 0.29) is 24.8 Å². The summed E-state index contributed by atoms with van der Waals surface area (Å²) in [5, 5.41) is 0. The summed E-state index contributed by atoms with van der Waals surface area (Å²) in [4.78, 5) is 5.00. The first-order chi connectivity index (χ1) is 17.0. The molecule has 5 aliphatic rings. The number of allylic oxidation sites excluding steroid dienone is 8. The molecule has 0 N–H and O–H groups in total. The molecule has 2 aliphatic carbocycles. The van der Waals surface area contributed by atoms with Crippen LogP contribution in [0.2, 0.25) is 8.26 Å². The predicted molar refractivity (Wildman–Crippen MR) is 144 cm³/mol. The largest absolute Gasteiger partial charge is 1.00 e. The number of halogens is 2. The van der Waals surface area contributed by atoms with E-state index in [0.717, 1.165) is 0 Å². The van der Waals surface area contributed by atoms with Crippen molar-refractivity contribution in [3.05, 3.63) is 125 Å². The smallest absolute Gasteiger partial charge is 1.00 e. The summed E-state index contributed by atoms with van der Waals surface area (Å²) in [6.45, 7) is 9.37. The summed E-state index contributed by atoms with van der Waals surface area (Å²) in [6, 6.07) is 21.8. The van der Waals surface area contributed by atoms with Gasteiger partial charge in [0.2, 0.25) is 0 Å². The zero-order valence-electron chi connectivity index (χ0n) is 21.8. The van der Waals surface area contributed by atoms with Crippen LogP contribution in [0.25, 0.3) is 0 Å². The summed E-state index contributed by atoms with van der Waals surface area (Å²) in [5.41, 5.74) is 11.4. The number of fused-ring (bicyclic) bond motifs is 2. The Morgan fingerprint density at radius 2 is 0.973 bits per heavy atom. The molecule has 2 aromatic carbocycles. The standard InChI is InChI=1S/2C15H14N.C2H4.2ClH.Zr/c2*1-11-8-13-10-12(2)16(15(13)9-11)14-6-4-3-5-7-14;1-2;;;/h2*3-7,9-10,13H,1-2H3;1-2H2;2*1H;/q;;;;;+2/p-2. The van der Waals surface area contributed by atoms with E-state index in [1.807, 2.05) is 6.56 Å². The van der Waals surface area contributed by atoms with Crippen LogP contribution in [0.4, 0.5) is 11.4 Å². The second-order valence-electron chi connectivity index (χ2n) is 10.8. The van der Waals surface area contributed by atoms with Gasteiger partial charge in [0, 0.05) is 0 Å². The van der Waals surface area contributed by atoms with Gasteiger partial charge in [-0.2, -0.15) is 0 Å². The molecule has 3 heterocycles. The van der Waals surface area contributed by atoms with Gasteiger partial charge in [0.15, 0.2) is 0 Å². The van der Waals surface area contributed by atoms with Crippen LogP contribution < -0.4 is 34.6 Å². The van der Waals surface area contributed by atoms with E-state index in [2.05, 4.69) is 122 Å². The average molecular weight is 607 g/mol. The molecule has 37 heavy (non-hydrogen) atoms. The molecule has 2 aromatic rings. The molecule has 0 amide bonds. The maximum Gasteiger partial charge on any atom is -1.00 e. The Morgan fingerprint density at radius 3 is 1.32 bits per heavy atom. The molecule has 188 valence electrons. The quantitative estimate of drug-likeness (QED) is 0.528. The summed E-state index contributed by atoms with van der Waals surface area (Å²) >= 11 is -2.66. The van der Waals surface area contributed by atoms with E-state index in [1.54, 1.807) is 11.1 Å². The molecule has 7 rings (SSSR count). The molecular formula is C32H32Cl2N2Zr. The van der Waals surface area contributed by atoms with Crippen LogP contribution >= 0.6 is 0 Å². The number of hydrogen-bond donors (Lipinski definition) is 0. The van der Waals surface area contributed by atoms with Gasteiger partial charge in [0.05, 0.1) is 0 Å². The van der Waals surface area contributed by atoms with Crippen LogP contribution in [-0.2, 0) is 20.3 Å². The van der Waals surface area contributed by atoms with Gasteiger partial charge in [-0.1, -0.05) is 0 Å². The number of rotatable bonds is 4. The second-order valence-corrected chi connectivity index (χ2v) is 21.3. The van der Waals surface area contributed by atoms with Crippen molar-refractivity contribution in [3.8, 4) is 0 Å². The molecule has 5 heteroatoms. The van der Waals surface area contributed by atoms with Crippen molar-refractivity contribution in [3.63, 3.8) is 0 Å². The maximum absolute atomic E-state index is 2.66. The van der Waals surface area contributed by atoms with Crippen LogP contribution in [0, 0.1) is 11.8 Å². The topological polar surface area (TPSA) is 6.48 Å². The molecule has 0 bridgehead atoms. The third kappa shape index (κ3) is 3.84. The van der Waals surface area contributed by atoms with E-state index >= 15 is 0 Å². The summed E-state index contributed by atoms with van der Waals surface area (Å²) in [7, 11) is 0. The Hall–Kier alpha value is -2.06. The minimum absolute atomic E-state index is 0. The van der Waals surface area contributed by atoms with Gasteiger partial charge in [-0.3, -0.25) is 0 Å². The average Bonchev–Trinajstić information content (AvgIpc) is 3.16. The normalized spacial score (nSPS) is 23.8. The van der Waals surface area contributed by atoms with Crippen molar-refractivity contribution in [1.29, 1.82) is 0 Å².